The first-order valence-electron chi connectivity index (χ1n) is 8.08. The summed E-state index contributed by atoms with van der Waals surface area (Å²) in [5, 5.41) is 9.42. The number of amides is 2. The van der Waals surface area contributed by atoms with Crippen LogP contribution in [-0.2, 0) is 4.79 Å². The first-order chi connectivity index (χ1) is 12.1. The van der Waals surface area contributed by atoms with E-state index in [1.165, 1.54) is 0 Å². The van der Waals surface area contributed by atoms with Crippen molar-refractivity contribution in [3.8, 4) is 0 Å². The van der Waals surface area contributed by atoms with Crippen molar-refractivity contribution in [2.75, 3.05) is 19.6 Å². The summed E-state index contributed by atoms with van der Waals surface area (Å²) in [4.78, 5) is 29.1. The van der Waals surface area contributed by atoms with Gasteiger partial charge in [0, 0.05) is 6.04 Å². The van der Waals surface area contributed by atoms with Crippen molar-refractivity contribution in [2.24, 2.45) is 4.99 Å². The highest BCUT2D eigenvalue weighted by atomic mass is 35.5. The fourth-order valence-electron chi connectivity index (χ4n) is 2.83. The van der Waals surface area contributed by atoms with Crippen LogP contribution in [0.3, 0.4) is 0 Å². The molecule has 6 nitrogen and oxygen atoms in total. The standard InChI is InChI=1S/C17H18Cl2N4O2/c18-11-2-1-3-12(19)14(11)16(24)23-13-6-9-21-15(13)17(25)22-10-4-7-20-8-5-10/h1-3,6,10,20H,4-5,7-9H2,(H,22,25)(H,23,24). The Labute approximate surface area is 155 Å². The lowest BCUT2D eigenvalue weighted by Crippen LogP contribution is -2.46. The minimum absolute atomic E-state index is 0.118. The van der Waals surface area contributed by atoms with Crippen LogP contribution < -0.4 is 16.0 Å². The SMILES string of the molecule is O=C(NC1CCNCC1)C1=NCC=C1NC(=O)c1c(Cl)cccc1Cl. The molecule has 2 aliphatic rings. The minimum Gasteiger partial charge on any atom is -0.348 e. The third-order valence-corrected chi connectivity index (χ3v) is 4.76. The van der Waals surface area contributed by atoms with Crippen LogP contribution in [0.4, 0.5) is 0 Å². The Kier molecular flexibility index (Phi) is 5.73. The summed E-state index contributed by atoms with van der Waals surface area (Å²) in [7, 11) is 0. The average Bonchev–Trinajstić information content (AvgIpc) is 3.04. The first-order valence-corrected chi connectivity index (χ1v) is 8.84. The van der Waals surface area contributed by atoms with Gasteiger partial charge in [-0.25, -0.2) is 0 Å². The van der Waals surface area contributed by atoms with Gasteiger partial charge in [-0.1, -0.05) is 29.3 Å². The molecule has 0 aliphatic carbocycles. The van der Waals surface area contributed by atoms with E-state index >= 15 is 0 Å². The molecule has 0 radical (unpaired) electrons. The second kappa shape index (κ2) is 7.99. The maximum absolute atomic E-state index is 12.5. The number of hydrogen-bond acceptors (Lipinski definition) is 4. The number of piperidine rings is 1. The fourth-order valence-corrected chi connectivity index (χ4v) is 3.40. The molecule has 1 aromatic rings. The van der Waals surface area contributed by atoms with Crippen LogP contribution in [-0.4, -0.2) is 43.2 Å². The summed E-state index contributed by atoms with van der Waals surface area (Å²) in [5.74, 6) is -0.743. The highest BCUT2D eigenvalue weighted by Crippen LogP contribution is 2.24. The molecule has 3 rings (SSSR count). The quantitative estimate of drug-likeness (QED) is 0.746. The van der Waals surface area contributed by atoms with Crippen LogP contribution in [0, 0.1) is 0 Å². The van der Waals surface area contributed by atoms with Gasteiger partial charge in [0.05, 0.1) is 27.9 Å². The number of rotatable bonds is 4. The second-order valence-electron chi connectivity index (χ2n) is 5.86. The molecule has 1 saturated heterocycles. The Bertz CT molecular complexity index is 735. The molecular weight excluding hydrogens is 363 g/mol. The zero-order valence-corrected chi connectivity index (χ0v) is 15.0. The molecule has 1 fully saturated rings. The molecule has 3 N–H and O–H groups in total. The molecule has 0 unspecified atom stereocenters. The lowest BCUT2D eigenvalue weighted by atomic mass is 10.1. The molecule has 2 aliphatic heterocycles. The maximum atomic E-state index is 12.5. The van der Waals surface area contributed by atoms with Gasteiger partial charge in [0.15, 0.2) is 0 Å². The fraction of sp³-hybridized carbons (Fsp3) is 0.353. The van der Waals surface area contributed by atoms with Gasteiger partial charge in [-0.05, 0) is 44.1 Å². The number of carbonyl (C=O) groups is 2. The molecule has 132 valence electrons. The van der Waals surface area contributed by atoms with Crippen molar-refractivity contribution in [2.45, 2.75) is 18.9 Å². The van der Waals surface area contributed by atoms with E-state index in [-0.39, 0.29) is 33.3 Å². The Morgan fingerprint density at radius 3 is 2.48 bits per heavy atom. The van der Waals surface area contributed by atoms with E-state index in [0.717, 1.165) is 25.9 Å². The number of nitrogens with one attached hydrogen (secondary N) is 3. The van der Waals surface area contributed by atoms with Crippen LogP contribution in [0.25, 0.3) is 0 Å². The van der Waals surface area contributed by atoms with E-state index in [9.17, 15) is 9.59 Å². The van der Waals surface area contributed by atoms with Crippen molar-refractivity contribution in [3.63, 3.8) is 0 Å². The van der Waals surface area contributed by atoms with E-state index in [1.54, 1.807) is 24.3 Å². The Morgan fingerprint density at radius 1 is 1.12 bits per heavy atom. The van der Waals surface area contributed by atoms with Gasteiger partial charge in [-0.3, -0.25) is 14.6 Å². The Balaban J connectivity index is 1.67. The number of nitrogens with zero attached hydrogens (tertiary/aromatic N) is 1. The van der Waals surface area contributed by atoms with Gasteiger partial charge in [-0.2, -0.15) is 0 Å². The van der Waals surface area contributed by atoms with Crippen molar-refractivity contribution >= 4 is 40.7 Å². The lowest BCUT2D eigenvalue weighted by molar-refractivity contribution is -0.115. The highest BCUT2D eigenvalue weighted by molar-refractivity contribution is 6.46. The van der Waals surface area contributed by atoms with Gasteiger partial charge in [0.1, 0.15) is 5.71 Å². The minimum atomic E-state index is -0.467. The highest BCUT2D eigenvalue weighted by Gasteiger charge is 2.26. The number of aliphatic imine (C=N–C) groups is 1. The van der Waals surface area contributed by atoms with Crippen LogP contribution in [0.2, 0.25) is 10.0 Å². The Hall–Kier alpha value is -1.89. The molecule has 0 bridgehead atoms. The predicted molar refractivity (Wildman–Crippen MR) is 98.3 cm³/mol. The summed E-state index contributed by atoms with van der Waals surface area (Å²) in [5.41, 5.74) is 0.791. The van der Waals surface area contributed by atoms with Gasteiger partial charge in [0.2, 0.25) is 0 Å². The molecule has 8 heteroatoms. The summed E-state index contributed by atoms with van der Waals surface area (Å²) < 4.78 is 0. The summed E-state index contributed by atoms with van der Waals surface area (Å²) in [6.45, 7) is 2.10. The van der Waals surface area contributed by atoms with Crippen molar-refractivity contribution in [3.05, 3.63) is 45.6 Å². The third-order valence-electron chi connectivity index (χ3n) is 4.13. The number of carbonyl (C=O) groups excluding carboxylic acids is 2. The topological polar surface area (TPSA) is 82.6 Å². The molecule has 2 heterocycles. The molecule has 25 heavy (non-hydrogen) atoms. The third kappa shape index (κ3) is 4.21. The lowest BCUT2D eigenvalue weighted by Gasteiger charge is -2.24. The zero-order valence-electron chi connectivity index (χ0n) is 13.4. The smallest absolute Gasteiger partial charge is 0.271 e. The molecule has 0 atom stereocenters. The summed E-state index contributed by atoms with van der Waals surface area (Å²) in [6, 6.07) is 4.95. The van der Waals surface area contributed by atoms with Gasteiger partial charge >= 0.3 is 0 Å². The van der Waals surface area contributed by atoms with E-state index in [1.807, 2.05) is 0 Å². The first kappa shape index (κ1) is 17.9. The van der Waals surface area contributed by atoms with Gasteiger partial charge < -0.3 is 16.0 Å². The van der Waals surface area contributed by atoms with Gasteiger partial charge in [0.25, 0.3) is 11.8 Å². The van der Waals surface area contributed by atoms with Crippen LogP contribution >= 0.6 is 23.2 Å². The van der Waals surface area contributed by atoms with Crippen LogP contribution in [0.1, 0.15) is 23.2 Å². The monoisotopic (exact) mass is 380 g/mol. The summed E-state index contributed by atoms with van der Waals surface area (Å²) >= 11 is 12.1. The number of hydrogen-bond donors (Lipinski definition) is 3. The van der Waals surface area contributed by atoms with Crippen molar-refractivity contribution in [1.82, 2.24) is 16.0 Å². The largest absolute Gasteiger partial charge is 0.348 e. The average molecular weight is 381 g/mol. The maximum Gasteiger partial charge on any atom is 0.271 e. The predicted octanol–water partition coefficient (Wildman–Crippen LogP) is 1.93. The molecular formula is C17H18Cl2N4O2. The molecule has 1 aromatic carbocycles. The molecule has 2 amide bonds. The van der Waals surface area contributed by atoms with Crippen molar-refractivity contribution in [1.29, 1.82) is 0 Å². The normalized spacial score (nSPS) is 17.7. The van der Waals surface area contributed by atoms with E-state index in [4.69, 9.17) is 23.2 Å². The van der Waals surface area contributed by atoms with Crippen molar-refractivity contribution < 1.29 is 9.59 Å². The van der Waals surface area contributed by atoms with E-state index in [2.05, 4.69) is 20.9 Å². The van der Waals surface area contributed by atoms with Crippen LogP contribution in [0.5, 0.6) is 0 Å². The molecule has 0 saturated carbocycles. The zero-order chi connectivity index (χ0) is 17.8. The van der Waals surface area contributed by atoms with Gasteiger partial charge in [-0.15, -0.1) is 0 Å². The number of halogens is 2. The van der Waals surface area contributed by atoms with E-state index < -0.39 is 5.91 Å². The summed E-state index contributed by atoms with van der Waals surface area (Å²) in [6.07, 6.45) is 3.44. The molecule has 0 aromatic heterocycles. The number of benzene rings is 1. The second-order valence-corrected chi connectivity index (χ2v) is 6.67. The van der Waals surface area contributed by atoms with Crippen LogP contribution in [0.15, 0.2) is 35.0 Å². The van der Waals surface area contributed by atoms with E-state index in [0.29, 0.717) is 12.2 Å². The molecule has 0 spiro atoms. The Morgan fingerprint density at radius 2 is 1.80 bits per heavy atom.